The molecule has 5 N–H and O–H groups in total. The molecule has 2 aromatic carbocycles. The van der Waals surface area contributed by atoms with Gasteiger partial charge in [0.25, 0.3) is 5.91 Å². The Hall–Kier alpha value is -3.39. The van der Waals surface area contributed by atoms with Crippen LogP contribution in [0.4, 0.5) is 5.69 Å². The van der Waals surface area contributed by atoms with Gasteiger partial charge in [-0.15, -0.1) is 0 Å². The van der Waals surface area contributed by atoms with Crippen molar-refractivity contribution < 1.29 is 24.6 Å². The van der Waals surface area contributed by atoms with Crippen molar-refractivity contribution in [2.45, 2.75) is 13.0 Å². The summed E-state index contributed by atoms with van der Waals surface area (Å²) in [6.07, 6.45) is 0.470. The maximum Gasteiger partial charge on any atom is 0.254 e. The standard InChI is InChI=1S/C19H16ClN3O5/c20-12-6-10(15(24)7-16(12)25)18-11-8-23(4-3-14(11)22-28-18)19(27)9-1-2-13(21)17(26)5-9/h1-2,5-7,24-26H,3-4,8,21H2. The fraction of sp³-hybridized carbons (Fsp3) is 0.158. The van der Waals surface area contributed by atoms with Crippen LogP contribution in [0.3, 0.4) is 0 Å². The number of nitrogens with two attached hydrogens (primary N) is 1. The minimum absolute atomic E-state index is 0.0547. The fourth-order valence-corrected chi connectivity index (χ4v) is 3.35. The molecule has 0 fully saturated rings. The predicted molar refractivity (Wildman–Crippen MR) is 101 cm³/mol. The van der Waals surface area contributed by atoms with Crippen LogP contribution < -0.4 is 5.73 Å². The second-order valence-electron chi connectivity index (χ2n) is 6.51. The Bertz CT molecular complexity index is 1100. The van der Waals surface area contributed by atoms with Crippen LogP contribution in [0.2, 0.25) is 5.02 Å². The third-order valence-corrected chi connectivity index (χ3v) is 5.01. The van der Waals surface area contributed by atoms with E-state index in [1.54, 1.807) is 11.0 Å². The second-order valence-corrected chi connectivity index (χ2v) is 6.92. The van der Waals surface area contributed by atoms with Gasteiger partial charge in [0, 0.05) is 30.2 Å². The van der Waals surface area contributed by atoms with E-state index in [4.69, 9.17) is 21.9 Å². The van der Waals surface area contributed by atoms with E-state index < -0.39 is 0 Å². The molecule has 1 aliphatic rings. The van der Waals surface area contributed by atoms with E-state index in [9.17, 15) is 20.1 Å². The van der Waals surface area contributed by atoms with Gasteiger partial charge in [0.15, 0.2) is 5.76 Å². The van der Waals surface area contributed by atoms with Gasteiger partial charge in [0.05, 0.1) is 28.5 Å². The number of aromatic hydroxyl groups is 3. The summed E-state index contributed by atoms with van der Waals surface area (Å²) in [6.45, 7) is 0.626. The molecule has 1 aromatic heterocycles. The van der Waals surface area contributed by atoms with E-state index >= 15 is 0 Å². The number of nitrogens with zero attached hydrogens (tertiary/aromatic N) is 2. The maximum atomic E-state index is 12.8. The van der Waals surface area contributed by atoms with Gasteiger partial charge in [-0.05, 0) is 24.3 Å². The van der Waals surface area contributed by atoms with E-state index in [1.165, 1.54) is 18.2 Å². The van der Waals surface area contributed by atoms with Crippen molar-refractivity contribution in [1.29, 1.82) is 0 Å². The molecule has 0 bridgehead atoms. The second kappa shape index (κ2) is 6.65. The molecule has 144 valence electrons. The molecular weight excluding hydrogens is 386 g/mol. The van der Waals surface area contributed by atoms with E-state index in [0.717, 1.165) is 6.07 Å². The number of hydrogen-bond acceptors (Lipinski definition) is 7. The zero-order chi connectivity index (χ0) is 20.0. The van der Waals surface area contributed by atoms with Gasteiger partial charge in [-0.2, -0.15) is 0 Å². The summed E-state index contributed by atoms with van der Waals surface area (Å²) in [5, 5.41) is 33.6. The number of halogens is 1. The smallest absolute Gasteiger partial charge is 0.254 e. The average Bonchev–Trinajstić information content (AvgIpc) is 3.09. The highest BCUT2D eigenvalue weighted by Crippen LogP contribution is 2.40. The monoisotopic (exact) mass is 401 g/mol. The van der Waals surface area contributed by atoms with Crippen molar-refractivity contribution in [3.63, 3.8) is 0 Å². The van der Waals surface area contributed by atoms with Crippen LogP contribution in [0.1, 0.15) is 21.6 Å². The molecule has 0 saturated heterocycles. The molecular formula is C19H16ClN3O5. The Labute approximate surface area is 164 Å². The van der Waals surface area contributed by atoms with E-state index in [-0.39, 0.29) is 51.7 Å². The molecule has 0 saturated carbocycles. The lowest BCUT2D eigenvalue weighted by molar-refractivity contribution is 0.0734. The van der Waals surface area contributed by atoms with Crippen molar-refractivity contribution in [2.24, 2.45) is 0 Å². The average molecular weight is 402 g/mol. The first-order valence-corrected chi connectivity index (χ1v) is 8.80. The minimum Gasteiger partial charge on any atom is -0.507 e. The number of fused-ring (bicyclic) bond motifs is 1. The van der Waals surface area contributed by atoms with Gasteiger partial charge in [-0.1, -0.05) is 16.8 Å². The van der Waals surface area contributed by atoms with Gasteiger partial charge in [-0.3, -0.25) is 4.79 Å². The topological polar surface area (TPSA) is 133 Å². The maximum absolute atomic E-state index is 12.8. The number of amides is 1. The molecule has 1 amide bonds. The number of benzene rings is 2. The third kappa shape index (κ3) is 2.97. The highest BCUT2D eigenvalue weighted by molar-refractivity contribution is 6.32. The summed E-state index contributed by atoms with van der Waals surface area (Å²) in [5.74, 6) is -0.616. The Morgan fingerprint density at radius 3 is 2.68 bits per heavy atom. The molecule has 0 atom stereocenters. The number of phenolic OH excluding ortho intramolecular Hbond substituents is 3. The van der Waals surface area contributed by atoms with Crippen LogP contribution in [0.25, 0.3) is 11.3 Å². The Morgan fingerprint density at radius 1 is 1.14 bits per heavy atom. The number of nitrogen functional groups attached to an aromatic ring is 1. The van der Waals surface area contributed by atoms with Crippen molar-refractivity contribution in [3.8, 4) is 28.6 Å². The first kappa shape index (κ1) is 18.0. The molecule has 2 heterocycles. The third-order valence-electron chi connectivity index (χ3n) is 4.71. The lowest BCUT2D eigenvalue weighted by Gasteiger charge is -2.26. The van der Waals surface area contributed by atoms with Crippen LogP contribution in [0.15, 0.2) is 34.9 Å². The molecule has 0 radical (unpaired) electrons. The number of rotatable bonds is 2. The molecule has 0 spiro atoms. The summed E-state index contributed by atoms with van der Waals surface area (Å²) in [6, 6.07) is 6.85. The van der Waals surface area contributed by atoms with E-state index in [2.05, 4.69) is 5.16 Å². The van der Waals surface area contributed by atoms with Crippen molar-refractivity contribution >= 4 is 23.2 Å². The number of carbonyl (C=O) groups is 1. The van der Waals surface area contributed by atoms with Crippen molar-refractivity contribution in [3.05, 3.63) is 52.2 Å². The normalized spacial score (nSPS) is 13.4. The lowest BCUT2D eigenvalue weighted by Crippen LogP contribution is -2.35. The number of aromatic nitrogens is 1. The largest absolute Gasteiger partial charge is 0.507 e. The quantitative estimate of drug-likeness (QED) is 0.383. The predicted octanol–water partition coefficient (Wildman–Crippen LogP) is 2.89. The van der Waals surface area contributed by atoms with E-state index in [1.807, 2.05) is 0 Å². The summed E-state index contributed by atoms with van der Waals surface area (Å²) < 4.78 is 5.40. The number of carbonyl (C=O) groups excluding carboxylic acids is 1. The molecule has 0 unspecified atom stereocenters. The number of phenols is 3. The number of anilines is 1. The molecule has 9 heteroatoms. The van der Waals surface area contributed by atoms with Gasteiger partial charge >= 0.3 is 0 Å². The first-order valence-electron chi connectivity index (χ1n) is 8.42. The highest BCUT2D eigenvalue weighted by atomic mass is 35.5. The van der Waals surface area contributed by atoms with E-state index in [0.29, 0.717) is 29.8 Å². The van der Waals surface area contributed by atoms with Gasteiger partial charge in [-0.25, -0.2) is 0 Å². The Morgan fingerprint density at radius 2 is 1.93 bits per heavy atom. The Kier molecular flexibility index (Phi) is 4.27. The zero-order valence-corrected chi connectivity index (χ0v) is 15.3. The van der Waals surface area contributed by atoms with Gasteiger partial charge in [0.1, 0.15) is 17.2 Å². The van der Waals surface area contributed by atoms with Crippen LogP contribution in [0, 0.1) is 0 Å². The SMILES string of the molecule is Nc1ccc(C(=O)N2CCc3noc(-c4cc(Cl)c(O)cc4O)c3C2)cc1O. The number of hydrogen-bond donors (Lipinski definition) is 4. The van der Waals surface area contributed by atoms with Crippen LogP contribution in [0.5, 0.6) is 17.2 Å². The zero-order valence-electron chi connectivity index (χ0n) is 14.5. The minimum atomic E-state index is -0.277. The summed E-state index contributed by atoms with van der Waals surface area (Å²) in [4.78, 5) is 14.4. The van der Waals surface area contributed by atoms with Crippen molar-refractivity contribution in [2.75, 3.05) is 12.3 Å². The molecule has 4 rings (SSSR count). The molecule has 0 aliphatic carbocycles. The molecule has 8 nitrogen and oxygen atoms in total. The Balaban J connectivity index is 1.67. The first-order chi connectivity index (χ1) is 13.3. The van der Waals surface area contributed by atoms with Crippen LogP contribution in [-0.4, -0.2) is 37.8 Å². The highest BCUT2D eigenvalue weighted by Gasteiger charge is 2.29. The van der Waals surface area contributed by atoms with Gasteiger partial charge in [0.2, 0.25) is 0 Å². The fourth-order valence-electron chi connectivity index (χ4n) is 3.19. The van der Waals surface area contributed by atoms with Crippen LogP contribution in [-0.2, 0) is 13.0 Å². The summed E-state index contributed by atoms with van der Waals surface area (Å²) in [5.41, 5.74) is 7.70. The van der Waals surface area contributed by atoms with Crippen LogP contribution >= 0.6 is 11.6 Å². The molecule has 1 aliphatic heterocycles. The molecule has 3 aromatic rings. The molecule has 28 heavy (non-hydrogen) atoms. The van der Waals surface area contributed by atoms with Gasteiger partial charge < -0.3 is 30.5 Å². The summed E-state index contributed by atoms with van der Waals surface area (Å²) in [7, 11) is 0. The summed E-state index contributed by atoms with van der Waals surface area (Å²) >= 11 is 5.95. The lowest BCUT2D eigenvalue weighted by atomic mass is 10.00. The van der Waals surface area contributed by atoms with Crippen molar-refractivity contribution in [1.82, 2.24) is 10.1 Å².